The molecule has 0 rings (SSSR count). The van der Waals surface area contributed by atoms with Gasteiger partial charge in [-0.15, -0.1) is 0 Å². The van der Waals surface area contributed by atoms with Crippen LogP contribution < -0.4 is 0 Å². The van der Waals surface area contributed by atoms with Crippen LogP contribution in [-0.4, -0.2) is 4.69 Å². The normalized spacial score (nSPS) is 6.50. The van der Waals surface area contributed by atoms with E-state index in [0.717, 1.165) is 0 Å². The van der Waals surface area contributed by atoms with Gasteiger partial charge in [0.2, 0.25) is 0 Å². The molecule has 2 heteroatoms. The van der Waals surface area contributed by atoms with Crippen molar-refractivity contribution in [2.75, 3.05) is 0 Å². The Morgan fingerprint density at radius 1 is 2.00 bits per heavy atom. The Hall–Kier alpha value is 0.150. The van der Waals surface area contributed by atoms with Crippen LogP contribution in [0.3, 0.4) is 0 Å². The first kappa shape index (κ1) is 4.15. The molecule has 0 saturated carbocycles. The quantitative estimate of drug-likeness (QED) is 0.346. The zero-order valence-electron chi connectivity index (χ0n) is 2.29. The summed E-state index contributed by atoms with van der Waals surface area (Å²) in [5.74, 6) is 0. The monoisotopic (exact) mass is 123 g/mol. The molecule has 1 nitrogen and oxygen atoms in total. The van der Waals surface area contributed by atoms with E-state index >= 15 is 0 Å². The van der Waals surface area contributed by atoms with E-state index in [1.807, 2.05) is 0 Å². The van der Waals surface area contributed by atoms with Crippen molar-refractivity contribution in [2.24, 2.45) is 0 Å². The van der Waals surface area contributed by atoms with Crippen molar-refractivity contribution in [2.45, 2.75) is 6.92 Å². The molecule has 4 heavy (non-hydrogen) atoms. The summed E-state index contributed by atoms with van der Waals surface area (Å²) in [7, 11) is 0. The molecule has 0 N–H and O–H groups in total. The van der Waals surface area contributed by atoms with Crippen molar-refractivity contribution in [3.05, 3.63) is 0 Å². The lowest BCUT2D eigenvalue weighted by atomic mass is 11.3. The molecule has 0 amide bonds. The first-order chi connectivity index (χ1) is 1.73. The van der Waals surface area contributed by atoms with Gasteiger partial charge in [0.1, 0.15) is 0 Å². The fraction of sp³-hybridized carbons (Fsp3) is 0.500. The maximum absolute atomic E-state index is 9.36. The Morgan fingerprint density at radius 3 is 2.00 bits per heavy atom. The molecule has 0 aliphatic carbocycles. The molecule has 0 aromatic rings. The predicted octanol–water partition coefficient (Wildman–Crippen LogP) is 0.928. The van der Waals surface area contributed by atoms with Gasteiger partial charge in [-0.1, -0.05) is 0 Å². The van der Waals surface area contributed by atoms with E-state index in [0.29, 0.717) is 0 Å². The smallest absolute Gasteiger partial charge is 0.194 e. The van der Waals surface area contributed by atoms with E-state index in [-0.39, 0.29) is 4.69 Å². The van der Waals surface area contributed by atoms with Crippen LogP contribution in [-0.2, 0) is 4.79 Å². The molecule has 0 aliphatic rings. The largest absolute Gasteiger partial charge is 0.287 e. The Balaban J connectivity index is 2.80. The summed E-state index contributed by atoms with van der Waals surface area (Å²) < 4.78 is -0.0208. The van der Waals surface area contributed by atoms with Gasteiger partial charge in [0.05, 0.1) is 0 Å². The fourth-order valence-corrected chi connectivity index (χ4v) is 0. The lowest BCUT2D eigenvalue weighted by Crippen LogP contribution is -1.60. The first-order valence-electron chi connectivity index (χ1n) is 0.893. The summed E-state index contributed by atoms with van der Waals surface area (Å²) in [6, 6.07) is 0. The molecular formula is C2H3BrO. The van der Waals surface area contributed by atoms with Gasteiger partial charge >= 0.3 is 0 Å². The lowest BCUT2D eigenvalue weighted by molar-refractivity contribution is -0.108. The van der Waals surface area contributed by atoms with Gasteiger partial charge < -0.3 is 0 Å². The minimum atomic E-state index is -0.0208. The molecular weight excluding hydrogens is 121 g/mol. The SMILES string of the molecule is [13CH3]C(=O)Br. The van der Waals surface area contributed by atoms with Crippen molar-refractivity contribution in [3.8, 4) is 0 Å². The zero-order valence-corrected chi connectivity index (χ0v) is 3.87. The molecule has 0 radical (unpaired) electrons. The Bertz CT molecular complexity index is 29.0. The number of rotatable bonds is 0. The third-order valence-corrected chi connectivity index (χ3v) is 0. The van der Waals surface area contributed by atoms with Gasteiger partial charge in [0.15, 0.2) is 4.69 Å². The van der Waals surface area contributed by atoms with Gasteiger partial charge in [-0.3, -0.25) is 4.79 Å². The summed E-state index contributed by atoms with van der Waals surface area (Å²) in [6.45, 7) is 1.44. The molecule has 0 spiro atoms. The minimum Gasteiger partial charge on any atom is -0.287 e. The predicted molar refractivity (Wildman–Crippen MR) is 19.6 cm³/mol. The van der Waals surface area contributed by atoms with Crippen molar-refractivity contribution < 1.29 is 4.79 Å². The van der Waals surface area contributed by atoms with Gasteiger partial charge in [-0.05, 0) is 15.9 Å². The molecule has 24 valence electrons. The second-order valence-electron chi connectivity index (χ2n) is 0.470. The topological polar surface area (TPSA) is 17.1 Å². The molecule has 0 heterocycles. The average molecular weight is 124 g/mol. The van der Waals surface area contributed by atoms with Crippen LogP contribution in [0.5, 0.6) is 0 Å². The third-order valence-electron chi connectivity index (χ3n) is 0. The van der Waals surface area contributed by atoms with Crippen molar-refractivity contribution in [1.82, 2.24) is 0 Å². The second kappa shape index (κ2) is 1.47. The maximum atomic E-state index is 9.36. The van der Waals surface area contributed by atoms with Gasteiger partial charge in [0, 0.05) is 6.92 Å². The first-order valence-corrected chi connectivity index (χ1v) is 1.69. The van der Waals surface area contributed by atoms with E-state index in [2.05, 4.69) is 15.9 Å². The van der Waals surface area contributed by atoms with Gasteiger partial charge in [-0.25, -0.2) is 0 Å². The Kier molecular flexibility index (Phi) is 1.52. The van der Waals surface area contributed by atoms with Crippen LogP contribution in [0.25, 0.3) is 0 Å². The average Bonchev–Trinajstić information content (AvgIpc) is 0.811. The molecule has 0 unspecified atom stereocenters. The Morgan fingerprint density at radius 2 is 2.00 bits per heavy atom. The summed E-state index contributed by atoms with van der Waals surface area (Å²) in [5, 5.41) is 0. The molecule has 0 fully saturated rings. The zero-order chi connectivity index (χ0) is 3.58. The summed E-state index contributed by atoms with van der Waals surface area (Å²) in [5.41, 5.74) is 0. The molecule has 0 atom stereocenters. The fourth-order valence-electron chi connectivity index (χ4n) is 0. The van der Waals surface area contributed by atoms with E-state index in [1.54, 1.807) is 0 Å². The highest BCUT2D eigenvalue weighted by Crippen LogP contribution is 1.74. The van der Waals surface area contributed by atoms with E-state index in [4.69, 9.17) is 0 Å². The van der Waals surface area contributed by atoms with Crippen LogP contribution >= 0.6 is 15.9 Å². The van der Waals surface area contributed by atoms with Crippen LogP contribution in [0.2, 0.25) is 0 Å². The van der Waals surface area contributed by atoms with Crippen LogP contribution in [0.4, 0.5) is 0 Å². The molecule has 0 saturated heterocycles. The highest BCUT2D eigenvalue weighted by Gasteiger charge is 1.66. The van der Waals surface area contributed by atoms with Crippen molar-refractivity contribution >= 4 is 20.6 Å². The molecule has 0 aromatic carbocycles. The Labute approximate surface area is 33.1 Å². The standard InChI is InChI=1S/C2H3BrO/c1-2(3)4/h1H3/i1+1. The van der Waals surface area contributed by atoms with E-state index in [9.17, 15) is 4.79 Å². The van der Waals surface area contributed by atoms with Crippen LogP contribution in [0.1, 0.15) is 6.92 Å². The number of halogens is 1. The second-order valence-corrected chi connectivity index (χ2v) is 1.59. The van der Waals surface area contributed by atoms with Crippen LogP contribution in [0.15, 0.2) is 0 Å². The number of carbonyl (C=O) groups excluding carboxylic acids is 1. The van der Waals surface area contributed by atoms with Gasteiger partial charge in [-0.2, -0.15) is 0 Å². The minimum absolute atomic E-state index is 0.0208. The highest BCUT2D eigenvalue weighted by atomic mass is 79.9. The van der Waals surface area contributed by atoms with Crippen LogP contribution in [0, 0.1) is 0 Å². The summed E-state index contributed by atoms with van der Waals surface area (Å²) in [6.07, 6.45) is 0. The molecule has 0 bridgehead atoms. The maximum Gasteiger partial charge on any atom is 0.194 e. The van der Waals surface area contributed by atoms with Crippen molar-refractivity contribution in [1.29, 1.82) is 0 Å². The lowest BCUT2D eigenvalue weighted by Gasteiger charge is -1.52. The highest BCUT2D eigenvalue weighted by molar-refractivity contribution is 9.18. The summed E-state index contributed by atoms with van der Waals surface area (Å²) >= 11 is 2.63. The third kappa shape index (κ3) is 126. The number of hydrogen-bond donors (Lipinski definition) is 0. The molecule has 0 aromatic heterocycles. The van der Waals surface area contributed by atoms with E-state index in [1.165, 1.54) is 6.92 Å². The number of carbonyl (C=O) groups is 1. The van der Waals surface area contributed by atoms with Gasteiger partial charge in [0.25, 0.3) is 0 Å². The number of hydrogen-bond acceptors (Lipinski definition) is 1. The van der Waals surface area contributed by atoms with E-state index < -0.39 is 0 Å². The van der Waals surface area contributed by atoms with Crippen molar-refractivity contribution in [3.63, 3.8) is 0 Å². The summed E-state index contributed by atoms with van der Waals surface area (Å²) in [4.78, 5) is 9.36. The molecule has 0 aliphatic heterocycles.